The normalized spacial score (nSPS) is 30.6. The number of carbonyl (C=O) groups is 1. The van der Waals surface area contributed by atoms with Gasteiger partial charge in [-0.05, 0) is 48.9 Å². The zero-order valence-corrected chi connectivity index (χ0v) is 13.2. The molecular formula is C16H17Cl2NO2. The fourth-order valence-corrected chi connectivity index (χ4v) is 4.50. The highest BCUT2D eigenvalue weighted by Crippen LogP contribution is 2.40. The van der Waals surface area contributed by atoms with Gasteiger partial charge in [0, 0.05) is 23.1 Å². The van der Waals surface area contributed by atoms with Gasteiger partial charge >= 0.3 is 0 Å². The van der Waals surface area contributed by atoms with Crippen molar-refractivity contribution >= 4 is 29.1 Å². The van der Waals surface area contributed by atoms with E-state index in [1.54, 1.807) is 6.07 Å². The Labute approximate surface area is 134 Å². The molecule has 0 unspecified atom stereocenters. The highest BCUT2D eigenvalue weighted by molar-refractivity contribution is 6.35. The van der Waals surface area contributed by atoms with Gasteiger partial charge in [0.15, 0.2) is 0 Å². The summed E-state index contributed by atoms with van der Waals surface area (Å²) in [5, 5.41) is 1.33. The summed E-state index contributed by atoms with van der Waals surface area (Å²) >= 11 is 12.3. The number of hydrogen-bond acceptors (Lipinski definition) is 2. The molecule has 3 atom stereocenters. The van der Waals surface area contributed by atoms with Gasteiger partial charge in [0.05, 0.1) is 18.1 Å². The van der Waals surface area contributed by atoms with Crippen LogP contribution in [0.3, 0.4) is 0 Å². The lowest BCUT2D eigenvalue weighted by molar-refractivity contribution is -0.138. The largest absolute Gasteiger partial charge is 0.374 e. The average molecular weight is 326 g/mol. The van der Waals surface area contributed by atoms with Crippen LogP contribution in [0, 0.1) is 5.92 Å². The van der Waals surface area contributed by atoms with E-state index >= 15 is 0 Å². The summed E-state index contributed by atoms with van der Waals surface area (Å²) in [6.45, 7) is 1.34. The lowest BCUT2D eigenvalue weighted by Gasteiger charge is -2.33. The Hall–Kier alpha value is -0.770. The molecule has 0 saturated carbocycles. The Kier molecular flexibility index (Phi) is 3.40. The third-order valence-corrected chi connectivity index (χ3v) is 5.54. The smallest absolute Gasteiger partial charge is 0.228 e. The molecule has 5 heteroatoms. The third kappa shape index (κ3) is 2.36. The van der Waals surface area contributed by atoms with E-state index in [1.807, 2.05) is 11.0 Å². The van der Waals surface area contributed by atoms with Gasteiger partial charge < -0.3 is 9.64 Å². The average Bonchev–Trinajstić information content (AvgIpc) is 3.08. The van der Waals surface area contributed by atoms with Gasteiger partial charge in [-0.3, -0.25) is 4.79 Å². The summed E-state index contributed by atoms with van der Waals surface area (Å²) in [6, 6.07) is 3.72. The molecule has 0 spiro atoms. The molecule has 1 aromatic carbocycles. The molecule has 0 aromatic heterocycles. The molecule has 112 valence electrons. The van der Waals surface area contributed by atoms with Crippen molar-refractivity contribution < 1.29 is 9.53 Å². The summed E-state index contributed by atoms with van der Waals surface area (Å²) in [5.74, 6) is 0.287. The number of hydrogen-bond donors (Lipinski definition) is 0. The highest BCUT2D eigenvalue weighted by Gasteiger charge is 2.46. The minimum Gasteiger partial charge on any atom is -0.374 e. The van der Waals surface area contributed by atoms with Gasteiger partial charge in [0.25, 0.3) is 0 Å². The van der Waals surface area contributed by atoms with Crippen LogP contribution >= 0.6 is 23.2 Å². The van der Waals surface area contributed by atoms with Gasteiger partial charge in [0.1, 0.15) is 0 Å². The van der Waals surface area contributed by atoms with Gasteiger partial charge in [-0.1, -0.05) is 23.2 Å². The van der Waals surface area contributed by atoms with Crippen LogP contribution in [0.2, 0.25) is 10.0 Å². The summed E-state index contributed by atoms with van der Waals surface area (Å²) < 4.78 is 5.81. The second-order valence-corrected chi connectivity index (χ2v) is 7.09. The van der Waals surface area contributed by atoms with Crippen LogP contribution in [0.25, 0.3) is 0 Å². The standard InChI is InChI=1S/C16H17Cl2NO2/c17-10-5-9-3-4-19(8-13(9)14(18)6-10)16(20)12-7-11-1-2-15(12)21-11/h5-6,11-12,15H,1-4,7-8H2/t11-,12-,15-/m1/s1. The second kappa shape index (κ2) is 5.15. The van der Waals surface area contributed by atoms with Crippen LogP contribution in [0.5, 0.6) is 0 Å². The molecule has 21 heavy (non-hydrogen) atoms. The van der Waals surface area contributed by atoms with Crippen LogP contribution in [0.1, 0.15) is 30.4 Å². The van der Waals surface area contributed by atoms with E-state index in [9.17, 15) is 4.79 Å². The summed E-state index contributed by atoms with van der Waals surface area (Å²) in [4.78, 5) is 14.7. The zero-order valence-electron chi connectivity index (χ0n) is 11.6. The molecular weight excluding hydrogens is 309 g/mol. The SMILES string of the molecule is O=C([C@@H]1C[C@H]2CC[C@H]1O2)N1CCc2cc(Cl)cc(Cl)c2C1. The molecule has 0 radical (unpaired) electrons. The van der Waals surface area contributed by atoms with E-state index in [-0.39, 0.29) is 17.9 Å². The van der Waals surface area contributed by atoms with Gasteiger partial charge in [-0.2, -0.15) is 0 Å². The molecule has 0 aliphatic carbocycles. The van der Waals surface area contributed by atoms with Gasteiger partial charge in [0.2, 0.25) is 5.91 Å². The monoisotopic (exact) mass is 325 g/mol. The van der Waals surface area contributed by atoms with Crippen molar-refractivity contribution in [2.45, 2.75) is 44.4 Å². The van der Waals surface area contributed by atoms with Crippen molar-refractivity contribution in [2.24, 2.45) is 5.92 Å². The van der Waals surface area contributed by atoms with Gasteiger partial charge in [-0.25, -0.2) is 0 Å². The Morgan fingerprint density at radius 1 is 1.29 bits per heavy atom. The molecule has 3 aliphatic heterocycles. The minimum absolute atomic E-state index is 0.0522. The van der Waals surface area contributed by atoms with Crippen LogP contribution in [-0.4, -0.2) is 29.6 Å². The molecule has 1 aromatic rings. The van der Waals surface area contributed by atoms with Crippen molar-refractivity contribution in [3.8, 4) is 0 Å². The maximum Gasteiger partial charge on any atom is 0.228 e. The maximum absolute atomic E-state index is 12.8. The van der Waals surface area contributed by atoms with E-state index in [0.717, 1.165) is 37.8 Å². The summed E-state index contributed by atoms with van der Waals surface area (Å²) in [7, 11) is 0. The number of halogens is 2. The van der Waals surface area contributed by atoms with Crippen molar-refractivity contribution in [3.63, 3.8) is 0 Å². The number of amides is 1. The first-order valence-corrected chi connectivity index (χ1v) is 8.28. The lowest BCUT2D eigenvalue weighted by atomic mass is 9.87. The number of carbonyl (C=O) groups excluding carboxylic acids is 1. The van der Waals surface area contributed by atoms with Crippen molar-refractivity contribution in [2.75, 3.05) is 6.54 Å². The number of ether oxygens (including phenoxy) is 1. The maximum atomic E-state index is 12.8. The Morgan fingerprint density at radius 3 is 2.86 bits per heavy atom. The van der Waals surface area contributed by atoms with Crippen LogP contribution in [0.15, 0.2) is 12.1 Å². The first-order chi connectivity index (χ1) is 10.1. The fourth-order valence-electron chi connectivity index (χ4n) is 3.90. The predicted molar refractivity (Wildman–Crippen MR) is 81.6 cm³/mol. The summed E-state index contributed by atoms with van der Waals surface area (Å²) in [5.41, 5.74) is 2.21. The number of benzene rings is 1. The van der Waals surface area contributed by atoms with Crippen LogP contribution in [0.4, 0.5) is 0 Å². The fraction of sp³-hybridized carbons (Fsp3) is 0.562. The topological polar surface area (TPSA) is 29.5 Å². The van der Waals surface area contributed by atoms with E-state index in [4.69, 9.17) is 27.9 Å². The molecule has 3 aliphatic rings. The predicted octanol–water partition coefficient (Wildman–Crippen LogP) is 3.45. The number of rotatable bonds is 1. The molecule has 2 fully saturated rings. The number of nitrogens with zero attached hydrogens (tertiary/aromatic N) is 1. The quantitative estimate of drug-likeness (QED) is 0.791. The molecule has 2 bridgehead atoms. The number of fused-ring (bicyclic) bond motifs is 3. The summed E-state index contributed by atoms with van der Waals surface area (Å²) in [6.07, 6.45) is 4.31. The van der Waals surface area contributed by atoms with Gasteiger partial charge in [-0.15, -0.1) is 0 Å². The second-order valence-electron chi connectivity index (χ2n) is 6.25. The van der Waals surface area contributed by atoms with E-state index in [2.05, 4.69) is 0 Å². The van der Waals surface area contributed by atoms with Crippen LogP contribution in [-0.2, 0) is 22.5 Å². The molecule has 3 heterocycles. The third-order valence-electron chi connectivity index (χ3n) is 4.99. The Bertz CT molecular complexity index is 604. The molecule has 4 rings (SSSR count). The Balaban J connectivity index is 1.54. The zero-order chi connectivity index (χ0) is 14.6. The first-order valence-electron chi connectivity index (χ1n) is 7.53. The van der Waals surface area contributed by atoms with Crippen molar-refractivity contribution in [3.05, 3.63) is 33.3 Å². The van der Waals surface area contributed by atoms with E-state index in [1.165, 1.54) is 5.56 Å². The van der Waals surface area contributed by atoms with Crippen molar-refractivity contribution in [1.29, 1.82) is 0 Å². The molecule has 1 amide bonds. The molecule has 2 saturated heterocycles. The highest BCUT2D eigenvalue weighted by atomic mass is 35.5. The minimum atomic E-state index is 0.0522. The lowest BCUT2D eigenvalue weighted by Crippen LogP contribution is -2.42. The van der Waals surface area contributed by atoms with Crippen molar-refractivity contribution in [1.82, 2.24) is 4.90 Å². The van der Waals surface area contributed by atoms with E-state index in [0.29, 0.717) is 22.7 Å². The molecule has 3 nitrogen and oxygen atoms in total. The first kappa shape index (κ1) is 13.9. The van der Waals surface area contributed by atoms with E-state index < -0.39 is 0 Å². The molecule has 0 N–H and O–H groups in total. The Morgan fingerprint density at radius 2 is 2.14 bits per heavy atom. The van der Waals surface area contributed by atoms with Crippen LogP contribution < -0.4 is 0 Å².